The van der Waals surface area contributed by atoms with Crippen LogP contribution in [-0.2, 0) is 9.53 Å². The second-order valence-electron chi connectivity index (χ2n) is 4.43. The molecule has 0 amide bonds. The maximum absolute atomic E-state index is 11.9. The second kappa shape index (κ2) is 6.57. The molecule has 0 bridgehead atoms. The van der Waals surface area contributed by atoms with Crippen LogP contribution in [0.3, 0.4) is 0 Å². The molecule has 1 N–H and O–H groups in total. The van der Waals surface area contributed by atoms with E-state index in [1.54, 1.807) is 6.20 Å². The minimum Gasteiger partial charge on any atom is -0.465 e. The van der Waals surface area contributed by atoms with E-state index in [9.17, 15) is 4.79 Å². The molecule has 0 atom stereocenters. The Morgan fingerprint density at radius 2 is 1.70 bits per heavy atom. The number of methoxy groups -OCH3 is 1. The molecule has 0 aromatic heterocycles. The van der Waals surface area contributed by atoms with Gasteiger partial charge >= 0.3 is 5.97 Å². The summed E-state index contributed by atoms with van der Waals surface area (Å²) in [6.07, 6.45) is 1.67. The highest BCUT2D eigenvalue weighted by Gasteiger charge is 2.11. The van der Waals surface area contributed by atoms with Crippen LogP contribution in [0.25, 0.3) is 5.57 Å². The Bertz CT molecular complexity index is 601. The molecule has 0 radical (unpaired) electrons. The molecule has 3 heteroatoms. The Balaban J connectivity index is 2.25. The first-order valence-corrected chi connectivity index (χ1v) is 6.38. The zero-order valence-corrected chi connectivity index (χ0v) is 11.6. The summed E-state index contributed by atoms with van der Waals surface area (Å²) in [6, 6.07) is 17.4. The third-order valence-electron chi connectivity index (χ3n) is 2.92. The molecule has 0 saturated carbocycles. The topological polar surface area (TPSA) is 38.3 Å². The van der Waals surface area contributed by atoms with Gasteiger partial charge in [0.15, 0.2) is 0 Å². The largest absolute Gasteiger partial charge is 0.465 e. The Morgan fingerprint density at radius 3 is 2.30 bits per heavy atom. The number of hydrogen-bond donors (Lipinski definition) is 1. The number of rotatable bonds is 4. The van der Waals surface area contributed by atoms with Gasteiger partial charge in [0.05, 0.1) is 12.7 Å². The number of ether oxygens (including phenoxy) is 1. The number of nitrogens with one attached hydrogen (secondary N) is 1. The summed E-state index contributed by atoms with van der Waals surface area (Å²) in [7, 11) is 1.38. The number of benzene rings is 2. The molecule has 0 spiro atoms. The number of anilines is 1. The van der Waals surface area contributed by atoms with E-state index < -0.39 is 0 Å². The Hall–Kier alpha value is -2.55. The molecule has 0 fully saturated rings. The van der Waals surface area contributed by atoms with Crippen LogP contribution in [0.2, 0.25) is 0 Å². The molecule has 0 heterocycles. The molecule has 3 nitrogen and oxygen atoms in total. The first-order chi connectivity index (χ1) is 9.70. The van der Waals surface area contributed by atoms with Crippen molar-refractivity contribution in [2.45, 2.75) is 6.92 Å². The lowest BCUT2D eigenvalue weighted by Gasteiger charge is -2.07. The highest BCUT2D eigenvalue weighted by atomic mass is 16.5. The van der Waals surface area contributed by atoms with E-state index in [1.807, 2.05) is 61.5 Å². The Morgan fingerprint density at radius 1 is 1.05 bits per heavy atom. The number of carbonyl (C=O) groups excluding carboxylic acids is 1. The van der Waals surface area contributed by atoms with E-state index in [4.69, 9.17) is 4.74 Å². The van der Waals surface area contributed by atoms with E-state index in [1.165, 1.54) is 12.7 Å². The quantitative estimate of drug-likeness (QED) is 0.679. The highest BCUT2D eigenvalue weighted by Crippen LogP contribution is 2.17. The van der Waals surface area contributed by atoms with Gasteiger partial charge in [-0.25, -0.2) is 4.79 Å². The molecule has 0 aliphatic rings. The van der Waals surface area contributed by atoms with E-state index >= 15 is 0 Å². The van der Waals surface area contributed by atoms with Crippen molar-refractivity contribution < 1.29 is 9.53 Å². The molecule has 2 aromatic carbocycles. The predicted molar refractivity (Wildman–Crippen MR) is 81.2 cm³/mol. The van der Waals surface area contributed by atoms with Crippen molar-refractivity contribution in [3.8, 4) is 0 Å². The van der Waals surface area contributed by atoms with E-state index in [2.05, 4.69) is 5.32 Å². The Kier molecular flexibility index (Phi) is 4.56. The number of hydrogen-bond acceptors (Lipinski definition) is 3. The normalized spacial score (nSPS) is 11.0. The van der Waals surface area contributed by atoms with Crippen LogP contribution in [0.1, 0.15) is 11.1 Å². The predicted octanol–water partition coefficient (Wildman–Crippen LogP) is 3.62. The van der Waals surface area contributed by atoms with Gasteiger partial charge in [-0.15, -0.1) is 0 Å². The van der Waals surface area contributed by atoms with Gasteiger partial charge < -0.3 is 10.1 Å². The first-order valence-electron chi connectivity index (χ1n) is 6.38. The van der Waals surface area contributed by atoms with Gasteiger partial charge in [-0.05, 0) is 24.6 Å². The summed E-state index contributed by atoms with van der Waals surface area (Å²) in [4.78, 5) is 11.9. The van der Waals surface area contributed by atoms with Crippen LogP contribution in [0.15, 0.2) is 60.8 Å². The van der Waals surface area contributed by atoms with Crippen molar-refractivity contribution in [2.24, 2.45) is 0 Å². The summed E-state index contributed by atoms with van der Waals surface area (Å²) in [5.41, 5.74) is 3.43. The van der Waals surface area contributed by atoms with Gasteiger partial charge in [-0.1, -0.05) is 48.0 Å². The van der Waals surface area contributed by atoms with Crippen LogP contribution in [0.5, 0.6) is 0 Å². The van der Waals surface area contributed by atoms with Gasteiger partial charge in [0.2, 0.25) is 0 Å². The van der Waals surface area contributed by atoms with Crippen molar-refractivity contribution >= 4 is 17.2 Å². The van der Waals surface area contributed by atoms with Gasteiger partial charge in [-0.3, -0.25) is 0 Å². The minimum absolute atomic E-state index is 0.365. The van der Waals surface area contributed by atoms with Gasteiger partial charge in [-0.2, -0.15) is 0 Å². The lowest BCUT2D eigenvalue weighted by atomic mass is 10.1. The fraction of sp³-hybridized carbons (Fsp3) is 0.118. The zero-order chi connectivity index (χ0) is 14.4. The molecule has 0 unspecified atom stereocenters. The fourth-order valence-corrected chi connectivity index (χ4v) is 1.79. The molecule has 20 heavy (non-hydrogen) atoms. The maximum Gasteiger partial charge on any atom is 0.339 e. The monoisotopic (exact) mass is 267 g/mol. The van der Waals surface area contributed by atoms with Gasteiger partial charge in [0, 0.05) is 11.9 Å². The molecular weight excluding hydrogens is 250 g/mol. The van der Waals surface area contributed by atoms with Gasteiger partial charge in [0.1, 0.15) is 0 Å². The SMILES string of the molecule is COC(=O)C(=CNc1ccc(C)cc1)c1ccccc1. The van der Waals surface area contributed by atoms with Crippen molar-refractivity contribution in [1.82, 2.24) is 0 Å². The molecule has 102 valence electrons. The van der Waals surface area contributed by atoms with Crippen LogP contribution in [0.4, 0.5) is 5.69 Å². The summed E-state index contributed by atoms with van der Waals surface area (Å²) >= 11 is 0. The van der Waals surface area contributed by atoms with Crippen LogP contribution < -0.4 is 5.32 Å². The minimum atomic E-state index is -0.365. The number of esters is 1. The summed E-state index contributed by atoms with van der Waals surface area (Å²) < 4.78 is 4.83. The van der Waals surface area contributed by atoms with E-state index in [0.29, 0.717) is 5.57 Å². The van der Waals surface area contributed by atoms with E-state index in [0.717, 1.165) is 11.3 Å². The average Bonchev–Trinajstić information content (AvgIpc) is 2.50. The molecule has 2 rings (SSSR count). The van der Waals surface area contributed by atoms with Gasteiger partial charge in [0.25, 0.3) is 0 Å². The fourth-order valence-electron chi connectivity index (χ4n) is 1.79. The molecule has 0 aliphatic heterocycles. The average molecular weight is 267 g/mol. The second-order valence-corrected chi connectivity index (χ2v) is 4.43. The first kappa shape index (κ1) is 13.9. The maximum atomic E-state index is 11.9. The van der Waals surface area contributed by atoms with E-state index in [-0.39, 0.29) is 5.97 Å². The van der Waals surface area contributed by atoms with Crippen molar-refractivity contribution in [3.05, 3.63) is 71.9 Å². The molecule has 0 saturated heterocycles. The lowest BCUT2D eigenvalue weighted by Crippen LogP contribution is -2.06. The zero-order valence-electron chi connectivity index (χ0n) is 11.6. The van der Waals surface area contributed by atoms with Crippen LogP contribution in [0, 0.1) is 6.92 Å². The lowest BCUT2D eigenvalue weighted by molar-refractivity contribution is -0.133. The summed E-state index contributed by atoms with van der Waals surface area (Å²) in [5, 5.41) is 3.12. The van der Waals surface area contributed by atoms with Crippen molar-refractivity contribution in [2.75, 3.05) is 12.4 Å². The Labute approximate surface area is 118 Å². The van der Waals surface area contributed by atoms with Crippen molar-refractivity contribution in [1.29, 1.82) is 0 Å². The summed E-state index contributed by atoms with van der Waals surface area (Å²) in [5.74, 6) is -0.365. The van der Waals surface area contributed by atoms with Crippen molar-refractivity contribution in [3.63, 3.8) is 0 Å². The van der Waals surface area contributed by atoms with Crippen LogP contribution >= 0.6 is 0 Å². The van der Waals surface area contributed by atoms with Crippen LogP contribution in [-0.4, -0.2) is 13.1 Å². The molecule has 0 aliphatic carbocycles. The standard InChI is InChI=1S/C17H17NO2/c1-13-8-10-15(11-9-13)18-12-16(17(19)20-2)14-6-4-3-5-7-14/h3-12,18H,1-2H3. The number of carbonyl (C=O) groups is 1. The third kappa shape index (κ3) is 3.48. The summed E-state index contributed by atoms with van der Waals surface area (Å²) in [6.45, 7) is 2.03. The smallest absolute Gasteiger partial charge is 0.339 e. The highest BCUT2D eigenvalue weighted by molar-refractivity contribution is 6.16. The number of aryl methyl sites for hydroxylation is 1. The molecular formula is C17H17NO2. The third-order valence-corrected chi connectivity index (χ3v) is 2.92. The molecule has 2 aromatic rings.